The Morgan fingerprint density at radius 1 is 1.14 bits per heavy atom. The zero-order valence-corrected chi connectivity index (χ0v) is 13.3. The fourth-order valence-corrected chi connectivity index (χ4v) is 2.34. The molecular weight excluding hydrogens is 280 g/mol. The van der Waals surface area contributed by atoms with Crippen LogP contribution in [0.15, 0.2) is 24.3 Å². The van der Waals surface area contributed by atoms with Crippen LogP contribution in [0.5, 0.6) is 0 Å². The SMILES string of the molecule is CC(=O)c1cc(C(C)=O)cc(C2=CC(C)[N+](C)=C(N)N2N)c1. The van der Waals surface area contributed by atoms with Crippen molar-refractivity contribution in [3.63, 3.8) is 0 Å². The zero-order valence-electron chi connectivity index (χ0n) is 13.3. The van der Waals surface area contributed by atoms with Gasteiger partial charge in [0.05, 0.1) is 13.1 Å². The Kier molecular flexibility index (Phi) is 4.14. The normalized spacial score (nSPS) is 18.3. The van der Waals surface area contributed by atoms with Gasteiger partial charge in [-0.15, -0.1) is 0 Å². The maximum atomic E-state index is 11.7. The molecule has 2 rings (SSSR count). The maximum absolute atomic E-state index is 11.7. The lowest BCUT2D eigenvalue weighted by Crippen LogP contribution is -2.51. The summed E-state index contributed by atoms with van der Waals surface area (Å²) in [5, 5.41) is 1.36. The summed E-state index contributed by atoms with van der Waals surface area (Å²) in [7, 11) is 1.85. The number of hydrazine groups is 1. The minimum atomic E-state index is -0.105. The Hall–Kier alpha value is -2.47. The molecule has 116 valence electrons. The lowest BCUT2D eigenvalue weighted by atomic mass is 9.98. The van der Waals surface area contributed by atoms with Crippen molar-refractivity contribution < 1.29 is 14.2 Å². The van der Waals surface area contributed by atoms with E-state index in [1.54, 1.807) is 18.2 Å². The monoisotopic (exact) mass is 301 g/mol. The number of ketones is 2. The van der Waals surface area contributed by atoms with Crippen molar-refractivity contribution in [2.24, 2.45) is 11.6 Å². The highest BCUT2D eigenvalue weighted by molar-refractivity contribution is 6.01. The summed E-state index contributed by atoms with van der Waals surface area (Å²) in [4.78, 5) is 23.4. The highest BCUT2D eigenvalue weighted by Gasteiger charge is 2.28. The maximum Gasteiger partial charge on any atom is 0.368 e. The van der Waals surface area contributed by atoms with E-state index in [1.165, 1.54) is 18.9 Å². The van der Waals surface area contributed by atoms with Crippen LogP contribution in [0.1, 0.15) is 47.1 Å². The molecule has 0 saturated heterocycles. The average molecular weight is 301 g/mol. The van der Waals surface area contributed by atoms with E-state index in [-0.39, 0.29) is 17.6 Å². The van der Waals surface area contributed by atoms with Gasteiger partial charge >= 0.3 is 5.96 Å². The van der Waals surface area contributed by atoms with Crippen molar-refractivity contribution in [2.45, 2.75) is 26.8 Å². The second-order valence-corrected chi connectivity index (χ2v) is 5.54. The van der Waals surface area contributed by atoms with E-state index >= 15 is 0 Å². The molecule has 0 radical (unpaired) electrons. The lowest BCUT2D eigenvalue weighted by molar-refractivity contribution is -0.528. The smallest absolute Gasteiger partial charge is 0.295 e. The summed E-state index contributed by atoms with van der Waals surface area (Å²) in [6.45, 7) is 4.92. The number of nitrogens with zero attached hydrogens (tertiary/aromatic N) is 2. The number of benzene rings is 1. The number of guanidine groups is 1. The van der Waals surface area contributed by atoms with E-state index in [1.807, 2.05) is 24.6 Å². The Morgan fingerprint density at radius 3 is 2.09 bits per heavy atom. The molecule has 1 heterocycles. The Labute approximate surface area is 129 Å². The molecule has 22 heavy (non-hydrogen) atoms. The second kappa shape index (κ2) is 5.73. The minimum absolute atomic E-state index is 0.0524. The molecule has 6 nitrogen and oxygen atoms in total. The van der Waals surface area contributed by atoms with E-state index in [0.717, 1.165) is 0 Å². The van der Waals surface area contributed by atoms with Gasteiger partial charge < -0.3 is 0 Å². The fraction of sp³-hybridized carbons (Fsp3) is 0.312. The largest absolute Gasteiger partial charge is 0.368 e. The van der Waals surface area contributed by atoms with Crippen LogP contribution in [-0.2, 0) is 0 Å². The van der Waals surface area contributed by atoms with Crippen molar-refractivity contribution in [3.8, 4) is 0 Å². The molecule has 4 N–H and O–H groups in total. The summed E-state index contributed by atoms with van der Waals surface area (Å²) in [5.41, 5.74) is 8.33. The van der Waals surface area contributed by atoms with Crippen LogP contribution in [0.2, 0.25) is 0 Å². The molecule has 1 atom stereocenters. The molecule has 1 aromatic rings. The van der Waals surface area contributed by atoms with Crippen LogP contribution < -0.4 is 11.6 Å². The van der Waals surface area contributed by atoms with Crippen molar-refractivity contribution in [1.29, 1.82) is 0 Å². The number of likely N-dealkylation sites (N-methyl/N-ethyl adjacent to an activating group) is 1. The van der Waals surface area contributed by atoms with Gasteiger partial charge in [-0.05, 0) is 45.0 Å². The van der Waals surface area contributed by atoms with E-state index in [0.29, 0.717) is 28.3 Å². The number of hydrogen-bond acceptors (Lipinski definition) is 5. The molecule has 0 spiro atoms. The molecule has 0 saturated carbocycles. The van der Waals surface area contributed by atoms with Crippen LogP contribution >= 0.6 is 0 Å². The van der Waals surface area contributed by atoms with E-state index in [2.05, 4.69) is 0 Å². The van der Waals surface area contributed by atoms with Gasteiger partial charge in [0.2, 0.25) is 0 Å². The Balaban J connectivity index is 2.60. The number of carbonyl (C=O) groups is 2. The molecule has 1 aromatic carbocycles. The van der Waals surface area contributed by atoms with Crippen LogP contribution in [0, 0.1) is 0 Å². The molecule has 1 unspecified atom stereocenters. The summed E-state index contributed by atoms with van der Waals surface area (Å²) in [6.07, 6.45) is 1.94. The van der Waals surface area contributed by atoms with E-state index in [4.69, 9.17) is 11.6 Å². The van der Waals surface area contributed by atoms with E-state index < -0.39 is 0 Å². The summed E-state index contributed by atoms with van der Waals surface area (Å²) < 4.78 is 1.84. The first-order valence-corrected chi connectivity index (χ1v) is 7.01. The molecule has 0 bridgehead atoms. The molecule has 0 amide bonds. The van der Waals surface area contributed by atoms with Gasteiger partial charge in [0.15, 0.2) is 11.6 Å². The van der Waals surface area contributed by atoms with Gasteiger partial charge in [-0.1, -0.05) is 0 Å². The van der Waals surface area contributed by atoms with Gasteiger partial charge in [0.25, 0.3) is 0 Å². The number of nitrogens with two attached hydrogens (primary N) is 2. The zero-order chi connectivity index (χ0) is 16.6. The lowest BCUT2D eigenvalue weighted by Gasteiger charge is -2.25. The van der Waals surface area contributed by atoms with Crippen LogP contribution in [0.3, 0.4) is 0 Å². The van der Waals surface area contributed by atoms with Gasteiger partial charge in [-0.25, -0.2) is 0 Å². The topological polar surface area (TPSA) is 92.4 Å². The first-order valence-electron chi connectivity index (χ1n) is 7.01. The first kappa shape index (κ1) is 15.9. The molecular formula is C16H21N4O2+. The van der Waals surface area contributed by atoms with Crippen LogP contribution in [0.4, 0.5) is 0 Å². The summed E-state index contributed by atoms with van der Waals surface area (Å²) in [6, 6.07) is 5.11. The Bertz CT molecular complexity index is 687. The quantitative estimate of drug-likeness (QED) is 0.493. The summed E-state index contributed by atoms with van der Waals surface area (Å²) in [5.74, 6) is 6.25. The predicted molar refractivity (Wildman–Crippen MR) is 85.3 cm³/mol. The molecule has 1 aliphatic heterocycles. The molecule has 0 fully saturated rings. The van der Waals surface area contributed by atoms with Gasteiger partial charge in [0.1, 0.15) is 5.70 Å². The standard InChI is InChI=1S/C16H20N4O2/c1-9-5-15(20(18)16(17)19(9)4)14-7-12(10(2)21)6-13(8-14)11(3)22/h5-9,17H,18H2,1-4H3/p+1. The van der Waals surface area contributed by atoms with Gasteiger partial charge in [-0.3, -0.25) is 19.9 Å². The third-order valence-corrected chi connectivity index (χ3v) is 3.92. The van der Waals surface area contributed by atoms with Crippen molar-refractivity contribution in [1.82, 2.24) is 5.01 Å². The Morgan fingerprint density at radius 2 is 1.64 bits per heavy atom. The van der Waals surface area contributed by atoms with Crippen LogP contribution in [0.25, 0.3) is 5.70 Å². The molecule has 1 aliphatic rings. The van der Waals surface area contributed by atoms with Crippen molar-refractivity contribution >= 4 is 23.2 Å². The minimum Gasteiger partial charge on any atom is -0.295 e. The highest BCUT2D eigenvalue weighted by atomic mass is 16.1. The number of rotatable bonds is 3. The number of carbonyl (C=O) groups excluding carboxylic acids is 2. The average Bonchev–Trinajstić information content (AvgIpc) is 2.48. The van der Waals surface area contributed by atoms with E-state index in [9.17, 15) is 9.59 Å². The predicted octanol–water partition coefficient (Wildman–Crippen LogP) is 0.968. The molecule has 0 aliphatic carbocycles. The first-order chi connectivity index (χ1) is 10.2. The third-order valence-electron chi connectivity index (χ3n) is 3.92. The highest BCUT2D eigenvalue weighted by Crippen LogP contribution is 2.24. The van der Waals surface area contributed by atoms with Crippen LogP contribution in [-0.4, -0.2) is 40.2 Å². The summed E-state index contributed by atoms with van der Waals surface area (Å²) >= 11 is 0. The van der Waals surface area contributed by atoms with Crippen molar-refractivity contribution in [3.05, 3.63) is 41.0 Å². The number of Topliss-reactive ketones (excluding diaryl/α,β-unsaturated/α-hetero) is 2. The number of hydrogen-bond donors (Lipinski definition) is 2. The fourth-order valence-electron chi connectivity index (χ4n) is 2.34. The van der Waals surface area contributed by atoms with Crippen molar-refractivity contribution in [2.75, 3.05) is 7.05 Å². The van der Waals surface area contributed by atoms with Gasteiger partial charge in [-0.2, -0.15) is 10.9 Å². The second-order valence-electron chi connectivity index (χ2n) is 5.54. The molecule has 6 heteroatoms. The third kappa shape index (κ3) is 2.78. The van der Waals surface area contributed by atoms with Gasteiger partial charge in [0, 0.05) is 16.7 Å². The molecule has 0 aromatic heterocycles.